The fraction of sp³-hybridized carbons (Fsp3) is 0.417. The van der Waals surface area contributed by atoms with Crippen molar-refractivity contribution in [1.82, 2.24) is 10.6 Å². The van der Waals surface area contributed by atoms with Crippen LogP contribution in [0, 0.1) is 5.92 Å². The van der Waals surface area contributed by atoms with Crippen LogP contribution in [0.5, 0.6) is 11.5 Å². The van der Waals surface area contributed by atoms with Crippen molar-refractivity contribution in [2.24, 2.45) is 5.92 Å². The quantitative estimate of drug-likeness (QED) is 0.621. The monoisotopic (exact) mass is 412 g/mol. The lowest BCUT2D eigenvalue weighted by molar-refractivity contribution is -0.118. The number of amides is 2. The van der Waals surface area contributed by atoms with Gasteiger partial charge < -0.3 is 20.1 Å². The van der Waals surface area contributed by atoms with Crippen LogP contribution in [0.1, 0.15) is 55.2 Å². The fourth-order valence-corrected chi connectivity index (χ4v) is 2.90. The second kappa shape index (κ2) is 11.2. The van der Waals surface area contributed by atoms with Crippen LogP contribution in [0.4, 0.5) is 0 Å². The number of ether oxygens (including phenoxy) is 2. The van der Waals surface area contributed by atoms with Crippen LogP contribution < -0.4 is 20.1 Å². The minimum absolute atomic E-state index is 0.0452. The normalized spacial score (nSPS) is 11.7. The summed E-state index contributed by atoms with van der Waals surface area (Å²) in [6, 6.07) is 12.9. The predicted octanol–water partition coefficient (Wildman–Crippen LogP) is 3.90. The Bertz CT molecular complexity index is 847. The standard InChI is InChI=1S/C24H32N2O4/c1-16(2)15-30-22-11-10-21(14-23(22)29-5)17(3)26-24(28)20-8-6-19(7-9-20)12-13-25-18(4)27/h6-11,14,16-17H,12-13,15H2,1-5H3,(H,25,27)(H,26,28)/t17-/m0/s1. The zero-order valence-electron chi connectivity index (χ0n) is 18.5. The van der Waals surface area contributed by atoms with Gasteiger partial charge in [-0.2, -0.15) is 0 Å². The second-order valence-electron chi connectivity index (χ2n) is 7.74. The van der Waals surface area contributed by atoms with Gasteiger partial charge in [0, 0.05) is 19.0 Å². The van der Waals surface area contributed by atoms with Gasteiger partial charge in [-0.1, -0.05) is 32.0 Å². The Morgan fingerprint density at radius 2 is 1.70 bits per heavy atom. The van der Waals surface area contributed by atoms with Gasteiger partial charge in [0.05, 0.1) is 19.8 Å². The van der Waals surface area contributed by atoms with E-state index in [0.29, 0.717) is 36.1 Å². The van der Waals surface area contributed by atoms with Gasteiger partial charge in [0.1, 0.15) is 0 Å². The van der Waals surface area contributed by atoms with E-state index in [-0.39, 0.29) is 17.9 Å². The van der Waals surface area contributed by atoms with Crippen molar-refractivity contribution in [2.45, 2.75) is 40.2 Å². The van der Waals surface area contributed by atoms with Crippen LogP contribution in [0.15, 0.2) is 42.5 Å². The van der Waals surface area contributed by atoms with E-state index >= 15 is 0 Å². The molecule has 162 valence electrons. The topological polar surface area (TPSA) is 76.7 Å². The molecule has 2 N–H and O–H groups in total. The first-order chi connectivity index (χ1) is 14.3. The fourth-order valence-electron chi connectivity index (χ4n) is 2.90. The summed E-state index contributed by atoms with van der Waals surface area (Å²) in [4.78, 5) is 23.6. The molecule has 1 atom stereocenters. The van der Waals surface area contributed by atoms with Gasteiger partial charge in [0.2, 0.25) is 5.91 Å². The molecule has 0 aliphatic rings. The Morgan fingerprint density at radius 1 is 1.00 bits per heavy atom. The molecule has 30 heavy (non-hydrogen) atoms. The van der Waals surface area contributed by atoms with E-state index in [4.69, 9.17) is 9.47 Å². The molecule has 0 aliphatic heterocycles. The van der Waals surface area contributed by atoms with Gasteiger partial charge in [-0.3, -0.25) is 9.59 Å². The average Bonchev–Trinajstić information content (AvgIpc) is 2.72. The highest BCUT2D eigenvalue weighted by Crippen LogP contribution is 2.30. The third kappa shape index (κ3) is 7.10. The molecule has 2 rings (SSSR count). The SMILES string of the molecule is COc1cc([C@H](C)NC(=O)c2ccc(CCNC(C)=O)cc2)ccc1OCC(C)C. The Labute approximate surface area is 179 Å². The van der Waals surface area contributed by atoms with Crippen LogP contribution in [-0.4, -0.2) is 32.1 Å². The molecule has 0 saturated heterocycles. The van der Waals surface area contributed by atoms with E-state index in [9.17, 15) is 9.59 Å². The number of methoxy groups -OCH3 is 1. The Morgan fingerprint density at radius 3 is 2.30 bits per heavy atom. The summed E-state index contributed by atoms with van der Waals surface area (Å²) in [5, 5.41) is 5.78. The molecule has 0 aliphatic carbocycles. The second-order valence-corrected chi connectivity index (χ2v) is 7.74. The molecular weight excluding hydrogens is 380 g/mol. The van der Waals surface area contributed by atoms with Crippen molar-refractivity contribution in [1.29, 1.82) is 0 Å². The Balaban J connectivity index is 1.98. The molecular formula is C24H32N2O4. The summed E-state index contributed by atoms with van der Waals surface area (Å²) in [5.41, 5.74) is 2.59. The van der Waals surface area contributed by atoms with Gasteiger partial charge >= 0.3 is 0 Å². The number of carbonyl (C=O) groups is 2. The zero-order valence-corrected chi connectivity index (χ0v) is 18.5. The van der Waals surface area contributed by atoms with Crippen molar-refractivity contribution < 1.29 is 19.1 Å². The van der Waals surface area contributed by atoms with Crippen LogP contribution in [0.25, 0.3) is 0 Å². The molecule has 0 aromatic heterocycles. The van der Waals surface area contributed by atoms with E-state index in [0.717, 1.165) is 17.5 Å². The molecule has 2 aromatic rings. The molecule has 0 unspecified atom stereocenters. The van der Waals surface area contributed by atoms with Gasteiger partial charge in [-0.15, -0.1) is 0 Å². The van der Waals surface area contributed by atoms with E-state index in [1.165, 1.54) is 6.92 Å². The highest BCUT2D eigenvalue weighted by atomic mass is 16.5. The summed E-state index contributed by atoms with van der Waals surface area (Å²) in [5.74, 6) is 1.58. The Hall–Kier alpha value is -3.02. The molecule has 2 aromatic carbocycles. The van der Waals surface area contributed by atoms with E-state index in [1.807, 2.05) is 37.3 Å². The van der Waals surface area contributed by atoms with Gasteiger partial charge in [-0.25, -0.2) is 0 Å². The molecule has 0 saturated carbocycles. The summed E-state index contributed by atoms with van der Waals surface area (Å²) < 4.78 is 11.2. The van der Waals surface area contributed by atoms with Crippen LogP contribution in [0.3, 0.4) is 0 Å². The highest BCUT2D eigenvalue weighted by Gasteiger charge is 2.14. The highest BCUT2D eigenvalue weighted by molar-refractivity contribution is 5.94. The van der Waals surface area contributed by atoms with Crippen molar-refractivity contribution in [3.8, 4) is 11.5 Å². The van der Waals surface area contributed by atoms with E-state index in [2.05, 4.69) is 24.5 Å². The van der Waals surface area contributed by atoms with Crippen molar-refractivity contribution in [3.63, 3.8) is 0 Å². The maximum Gasteiger partial charge on any atom is 0.251 e. The van der Waals surface area contributed by atoms with Crippen molar-refractivity contribution in [2.75, 3.05) is 20.3 Å². The van der Waals surface area contributed by atoms with Crippen LogP contribution >= 0.6 is 0 Å². The summed E-state index contributed by atoms with van der Waals surface area (Å²) >= 11 is 0. The first-order valence-electron chi connectivity index (χ1n) is 10.2. The minimum Gasteiger partial charge on any atom is -0.493 e. The van der Waals surface area contributed by atoms with E-state index < -0.39 is 0 Å². The summed E-state index contributed by atoms with van der Waals surface area (Å²) in [6.45, 7) is 8.81. The minimum atomic E-state index is -0.190. The lowest BCUT2D eigenvalue weighted by Crippen LogP contribution is -2.26. The molecule has 6 heteroatoms. The number of hydrogen-bond acceptors (Lipinski definition) is 4. The average molecular weight is 413 g/mol. The number of nitrogens with one attached hydrogen (secondary N) is 2. The van der Waals surface area contributed by atoms with Gasteiger partial charge in [0.25, 0.3) is 5.91 Å². The largest absolute Gasteiger partial charge is 0.493 e. The third-order valence-electron chi connectivity index (χ3n) is 4.61. The number of hydrogen-bond donors (Lipinski definition) is 2. The molecule has 0 spiro atoms. The Kier molecular flexibility index (Phi) is 8.71. The summed E-state index contributed by atoms with van der Waals surface area (Å²) in [7, 11) is 1.61. The molecule has 0 fully saturated rings. The molecule has 2 amide bonds. The molecule has 0 bridgehead atoms. The first kappa shape index (κ1) is 23.3. The van der Waals surface area contributed by atoms with Gasteiger partial charge in [-0.05, 0) is 54.7 Å². The lowest BCUT2D eigenvalue weighted by Gasteiger charge is -2.18. The third-order valence-corrected chi connectivity index (χ3v) is 4.61. The van der Waals surface area contributed by atoms with Crippen molar-refractivity contribution >= 4 is 11.8 Å². The number of rotatable bonds is 10. The number of carbonyl (C=O) groups excluding carboxylic acids is 2. The van der Waals surface area contributed by atoms with Crippen LogP contribution in [-0.2, 0) is 11.2 Å². The maximum atomic E-state index is 12.6. The van der Waals surface area contributed by atoms with Crippen LogP contribution in [0.2, 0.25) is 0 Å². The summed E-state index contributed by atoms with van der Waals surface area (Å²) in [6.07, 6.45) is 0.725. The van der Waals surface area contributed by atoms with Gasteiger partial charge in [0.15, 0.2) is 11.5 Å². The lowest BCUT2D eigenvalue weighted by atomic mass is 10.1. The predicted molar refractivity (Wildman–Crippen MR) is 118 cm³/mol. The zero-order chi connectivity index (χ0) is 22.1. The smallest absolute Gasteiger partial charge is 0.251 e. The molecule has 0 heterocycles. The van der Waals surface area contributed by atoms with E-state index in [1.54, 1.807) is 19.2 Å². The molecule has 6 nitrogen and oxygen atoms in total. The first-order valence-corrected chi connectivity index (χ1v) is 10.2. The number of benzene rings is 2. The maximum absolute atomic E-state index is 12.6. The van der Waals surface area contributed by atoms with Crippen molar-refractivity contribution in [3.05, 3.63) is 59.2 Å². The molecule has 0 radical (unpaired) electrons.